The lowest BCUT2D eigenvalue weighted by molar-refractivity contribution is 0.317. The van der Waals surface area contributed by atoms with Gasteiger partial charge in [-0.25, -0.2) is 0 Å². The first kappa shape index (κ1) is 14.4. The van der Waals surface area contributed by atoms with Gasteiger partial charge in [-0.15, -0.1) is 0 Å². The van der Waals surface area contributed by atoms with Crippen molar-refractivity contribution >= 4 is 11.8 Å². The second kappa shape index (κ2) is 8.43. The Kier molecular flexibility index (Phi) is 7.13. The van der Waals surface area contributed by atoms with E-state index in [2.05, 4.69) is 43.6 Å². The molecule has 17 heavy (non-hydrogen) atoms. The highest BCUT2D eigenvalue weighted by molar-refractivity contribution is 7.99. The zero-order valence-electron chi connectivity index (χ0n) is 11.0. The Hall–Kier alpha value is -0.670. The summed E-state index contributed by atoms with van der Waals surface area (Å²) < 4.78 is 5.61. The number of nitrogens with one attached hydrogen (secondary N) is 1. The Morgan fingerprint density at radius 1 is 1.41 bits per heavy atom. The Labute approximate surface area is 109 Å². The molecule has 96 valence electrons. The fraction of sp³-hybridized carbons (Fsp3) is 0.571. The zero-order chi connectivity index (χ0) is 12.5. The molecule has 0 aromatic heterocycles. The molecule has 1 atom stereocenters. The minimum absolute atomic E-state index is 0.662. The molecule has 0 radical (unpaired) electrons. The van der Waals surface area contributed by atoms with Crippen LogP contribution in [0.1, 0.15) is 25.8 Å². The quantitative estimate of drug-likeness (QED) is 0.768. The first-order valence-electron chi connectivity index (χ1n) is 6.21. The molecule has 1 aromatic carbocycles. The number of hydrogen-bond donors (Lipinski definition) is 1. The molecule has 0 bridgehead atoms. The molecule has 1 aromatic rings. The highest BCUT2D eigenvalue weighted by atomic mass is 32.2. The van der Waals surface area contributed by atoms with E-state index >= 15 is 0 Å². The number of rotatable bonds is 8. The molecule has 0 saturated carbocycles. The summed E-state index contributed by atoms with van der Waals surface area (Å²) in [6.45, 7) is 7.10. The van der Waals surface area contributed by atoms with E-state index < -0.39 is 0 Å². The van der Waals surface area contributed by atoms with Gasteiger partial charge in [0.1, 0.15) is 5.75 Å². The van der Waals surface area contributed by atoms with Crippen molar-refractivity contribution in [2.75, 3.05) is 19.4 Å². The van der Waals surface area contributed by atoms with Gasteiger partial charge in [-0.3, -0.25) is 0 Å². The molecule has 0 fully saturated rings. The third-order valence-electron chi connectivity index (χ3n) is 2.53. The average molecular weight is 253 g/mol. The maximum atomic E-state index is 5.61. The van der Waals surface area contributed by atoms with E-state index in [-0.39, 0.29) is 0 Å². The molecule has 0 amide bonds. The third-order valence-corrected chi connectivity index (χ3v) is 3.51. The van der Waals surface area contributed by atoms with E-state index in [1.54, 1.807) is 0 Å². The van der Waals surface area contributed by atoms with Crippen LogP contribution in [-0.2, 0) is 6.54 Å². The van der Waals surface area contributed by atoms with Gasteiger partial charge in [0.25, 0.3) is 0 Å². The van der Waals surface area contributed by atoms with Crippen LogP contribution in [0.3, 0.4) is 0 Å². The predicted octanol–water partition coefficient (Wildman–Crippen LogP) is 3.32. The summed E-state index contributed by atoms with van der Waals surface area (Å²) in [5.74, 6) is 0.976. The molecule has 0 aliphatic carbocycles. The van der Waals surface area contributed by atoms with E-state index in [0.717, 1.165) is 31.9 Å². The molecule has 0 spiro atoms. The smallest absolute Gasteiger partial charge is 0.119 e. The van der Waals surface area contributed by atoms with Crippen molar-refractivity contribution in [1.82, 2.24) is 5.32 Å². The lowest BCUT2D eigenvalue weighted by Crippen LogP contribution is -2.21. The van der Waals surface area contributed by atoms with Crippen LogP contribution < -0.4 is 10.1 Å². The molecule has 1 N–H and O–H groups in total. The van der Waals surface area contributed by atoms with Crippen LogP contribution in [0.15, 0.2) is 24.3 Å². The van der Waals surface area contributed by atoms with Crippen molar-refractivity contribution in [1.29, 1.82) is 0 Å². The van der Waals surface area contributed by atoms with Crippen LogP contribution in [0.25, 0.3) is 0 Å². The van der Waals surface area contributed by atoms with Gasteiger partial charge in [-0.05, 0) is 30.4 Å². The first-order chi connectivity index (χ1) is 8.26. The zero-order valence-corrected chi connectivity index (χ0v) is 11.8. The van der Waals surface area contributed by atoms with E-state index in [9.17, 15) is 0 Å². The maximum absolute atomic E-state index is 5.61. The summed E-state index contributed by atoms with van der Waals surface area (Å²) in [7, 11) is 0. The van der Waals surface area contributed by atoms with Gasteiger partial charge < -0.3 is 10.1 Å². The Bertz CT molecular complexity index is 317. The molecular formula is C14H23NOS. The molecule has 0 heterocycles. The number of ether oxygens (including phenoxy) is 1. The summed E-state index contributed by atoms with van der Waals surface area (Å²) in [4.78, 5) is 0. The largest absolute Gasteiger partial charge is 0.494 e. The lowest BCUT2D eigenvalue weighted by Gasteiger charge is -2.11. The summed E-state index contributed by atoms with van der Waals surface area (Å²) in [5.41, 5.74) is 1.28. The van der Waals surface area contributed by atoms with Crippen molar-refractivity contribution in [2.45, 2.75) is 32.1 Å². The number of thioether (sulfide) groups is 1. The monoisotopic (exact) mass is 253 g/mol. The number of benzene rings is 1. The van der Waals surface area contributed by atoms with Crippen molar-refractivity contribution < 1.29 is 4.74 Å². The molecule has 2 nitrogen and oxygen atoms in total. The first-order valence-corrected chi connectivity index (χ1v) is 7.50. The minimum atomic E-state index is 0.662. The summed E-state index contributed by atoms with van der Waals surface area (Å²) in [6.07, 6.45) is 3.19. The van der Waals surface area contributed by atoms with Gasteiger partial charge >= 0.3 is 0 Å². The normalized spacial score (nSPS) is 12.4. The van der Waals surface area contributed by atoms with Crippen LogP contribution in [0.2, 0.25) is 0 Å². The van der Waals surface area contributed by atoms with Gasteiger partial charge in [0.2, 0.25) is 0 Å². The van der Waals surface area contributed by atoms with Gasteiger partial charge in [-0.1, -0.05) is 26.0 Å². The highest BCUT2D eigenvalue weighted by Gasteiger charge is 2.00. The Morgan fingerprint density at radius 3 is 2.94 bits per heavy atom. The Morgan fingerprint density at radius 2 is 2.24 bits per heavy atom. The van der Waals surface area contributed by atoms with Crippen LogP contribution in [-0.4, -0.2) is 24.7 Å². The average Bonchev–Trinajstić information content (AvgIpc) is 2.36. The van der Waals surface area contributed by atoms with E-state index in [4.69, 9.17) is 4.74 Å². The predicted molar refractivity (Wildman–Crippen MR) is 76.9 cm³/mol. The van der Waals surface area contributed by atoms with Crippen LogP contribution in [0.4, 0.5) is 0 Å². The minimum Gasteiger partial charge on any atom is -0.494 e. The Balaban J connectivity index is 2.37. The van der Waals surface area contributed by atoms with Crippen molar-refractivity contribution in [3.8, 4) is 5.75 Å². The summed E-state index contributed by atoms with van der Waals surface area (Å²) >= 11 is 1.89. The highest BCUT2D eigenvalue weighted by Crippen LogP contribution is 2.13. The van der Waals surface area contributed by atoms with Crippen molar-refractivity contribution in [3.05, 3.63) is 29.8 Å². The molecule has 0 saturated heterocycles. The molecule has 3 heteroatoms. The fourth-order valence-corrected chi connectivity index (χ4v) is 1.75. The third kappa shape index (κ3) is 5.99. The molecule has 1 rings (SSSR count). The van der Waals surface area contributed by atoms with E-state index in [1.807, 2.05) is 17.8 Å². The van der Waals surface area contributed by atoms with E-state index in [1.165, 1.54) is 5.56 Å². The molecule has 0 aliphatic rings. The van der Waals surface area contributed by atoms with Crippen LogP contribution in [0, 0.1) is 0 Å². The van der Waals surface area contributed by atoms with Gasteiger partial charge in [-0.2, -0.15) is 11.8 Å². The van der Waals surface area contributed by atoms with Gasteiger partial charge in [0, 0.05) is 18.3 Å². The molecule has 1 unspecified atom stereocenters. The second-order valence-electron chi connectivity index (χ2n) is 4.17. The standard InChI is InChI=1S/C14H23NOS/c1-4-8-16-14-7-5-6-13(9-14)11-15-10-12(2)17-3/h5-7,9,12,15H,4,8,10-11H2,1-3H3. The molecular weight excluding hydrogens is 230 g/mol. The van der Waals surface area contributed by atoms with Crippen molar-refractivity contribution in [2.24, 2.45) is 0 Å². The van der Waals surface area contributed by atoms with E-state index in [0.29, 0.717) is 5.25 Å². The topological polar surface area (TPSA) is 21.3 Å². The molecule has 0 aliphatic heterocycles. The number of hydrogen-bond acceptors (Lipinski definition) is 3. The second-order valence-corrected chi connectivity index (χ2v) is 5.45. The van der Waals surface area contributed by atoms with Crippen LogP contribution >= 0.6 is 11.8 Å². The lowest BCUT2D eigenvalue weighted by atomic mass is 10.2. The maximum Gasteiger partial charge on any atom is 0.119 e. The van der Waals surface area contributed by atoms with Gasteiger partial charge in [0.05, 0.1) is 6.61 Å². The van der Waals surface area contributed by atoms with Gasteiger partial charge in [0.15, 0.2) is 0 Å². The fourth-order valence-electron chi connectivity index (χ4n) is 1.47. The van der Waals surface area contributed by atoms with Crippen molar-refractivity contribution in [3.63, 3.8) is 0 Å². The summed E-state index contributed by atoms with van der Waals surface area (Å²) in [5, 5.41) is 4.12. The summed E-state index contributed by atoms with van der Waals surface area (Å²) in [6, 6.07) is 8.33. The van der Waals surface area contributed by atoms with Crippen LogP contribution in [0.5, 0.6) is 5.75 Å². The SMILES string of the molecule is CCCOc1cccc(CNCC(C)SC)c1.